The van der Waals surface area contributed by atoms with Crippen LogP contribution in [0.25, 0.3) is 10.8 Å². The molecule has 0 aliphatic heterocycles. The zero-order chi connectivity index (χ0) is 31.4. The molecular weight excluding hydrogens is 563 g/mol. The Bertz CT molecular complexity index is 1370. The van der Waals surface area contributed by atoms with E-state index in [-0.39, 0.29) is 39.7 Å². The van der Waals surface area contributed by atoms with E-state index in [1.54, 1.807) is 24.3 Å². The molecule has 12 heteroatoms. The van der Waals surface area contributed by atoms with Gasteiger partial charge in [-0.15, -0.1) is 0 Å². The highest BCUT2D eigenvalue weighted by molar-refractivity contribution is 6.36. The normalized spacial score (nSPS) is 12.4. The molecule has 0 spiro atoms. The van der Waals surface area contributed by atoms with Crippen molar-refractivity contribution in [1.82, 2.24) is 15.3 Å². The van der Waals surface area contributed by atoms with Crippen LogP contribution in [-0.4, -0.2) is 43.7 Å². The molecule has 3 aromatic rings. The second-order valence-electron chi connectivity index (χ2n) is 11.7. The molecule has 8 nitrogen and oxygen atoms in total. The largest absolute Gasteiger partial charge is 0.487 e. The molecule has 1 heterocycles. The molecule has 41 heavy (non-hydrogen) atoms. The van der Waals surface area contributed by atoms with Crippen molar-refractivity contribution in [2.45, 2.75) is 84.9 Å². The number of nitrogens with zero attached hydrogens (tertiary/aromatic N) is 2. The number of carboxylic acids is 1. The molecule has 0 saturated carbocycles. The van der Waals surface area contributed by atoms with E-state index in [2.05, 4.69) is 56.8 Å². The zero-order valence-corrected chi connectivity index (χ0v) is 25.0. The van der Waals surface area contributed by atoms with Crippen molar-refractivity contribution >= 4 is 34.2 Å². The Morgan fingerprint density at radius 1 is 0.927 bits per heavy atom. The minimum absolute atomic E-state index is 0.0156. The van der Waals surface area contributed by atoms with Crippen molar-refractivity contribution in [3.63, 3.8) is 0 Å². The lowest BCUT2D eigenvalue weighted by molar-refractivity contribution is -0.145. The van der Waals surface area contributed by atoms with Crippen LogP contribution in [0.15, 0.2) is 42.7 Å². The van der Waals surface area contributed by atoms with Crippen LogP contribution in [0.5, 0.6) is 5.75 Å². The number of aliphatic carboxylic acids is 1. The van der Waals surface area contributed by atoms with Crippen molar-refractivity contribution in [3.8, 4) is 5.75 Å². The summed E-state index contributed by atoms with van der Waals surface area (Å²) in [5.74, 6) is -3.19. The number of hydrogen-bond donors (Lipinski definition) is 2. The predicted octanol–water partition coefficient (Wildman–Crippen LogP) is 7.07. The second kappa shape index (κ2) is 12.6. The van der Waals surface area contributed by atoms with Crippen LogP contribution in [0, 0.1) is 0 Å². The number of fused-ring (bicyclic) bond motifs is 1. The second-order valence-corrected chi connectivity index (χ2v) is 12.1. The number of aromatic nitrogens is 2. The van der Waals surface area contributed by atoms with Gasteiger partial charge in [-0.2, -0.15) is 13.2 Å². The Morgan fingerprint density at radius 3 is 1.88 bits per heavy atom. The van der Waals surface area contributed by atoms with Gasteiger partial charge in [-0.3, -0.25) is 4.79 Å². The maximum Gasteiger partial charge on any atom is 0.451 e. The molecule has 1 amide bonds. The number of nitrogens with one attached hydrogen (secondary N) is 1. The van der Waals surface area contributed by atoms with Crippen LogP contribution in [0.4, 0.5) is 13.2 Å². The number of carbonyl (C=O) groups is 2. The van der Waals surface area contributed by atoms with Gasteiger partial charge in [0.25, 0.3) is 5.91 Å². The molecule has 2 N–H and O–H groups in total. The third kappa shape index (κ3) is 10.2. The summed E-state index contributed by atoms with van der Waals surface area (Å²) in [7, 11) is 0. The average molecular weight is 598 g/mol. The first-order valence-corrected chi connectivity index (χ1v) is 13.0. The van der Waals surface area contributed by atoms with Crippen LogP contribution in [0.2, 0.25) is 5.02 Å². The summed E-state index contributed by atoms with van der Waals surface area (Å²) < 4.78 is 49.4. The molecular formula is C29H35ClF3N3O5. The van der Waals surface area contributed by atoms with Crippen molar-refractivity contribution in [2.75, 3.05) is 0 Å². The Kier molecular flexibility index (Phi) is 10.4. The van der Waals surface area contributed by atoms with Gasteiger partial charge in [-0.05, 0) is 61.5 Å². The number of hydrogen-bond acceptors (Lipinski definition) is 6. The maximum atomic E-state index is 12.9. The molecule has 3 rings (SSSR count). The van der Waals surface area contributed by atoms with Crippen LogP contribution in [0.1, 0.15) is 77.1 Å². The fourth-order valence-electron chi connectivity index (χ4n) is 3.68. The van der Waals surface area contributed by atoms with E-state index >= 15 is 0 Å². The Balaban J connectivity index is 0.000000564. The first-order valence-electron chi connectivity index (χ1n) is 12.6. The smallest absolute Gasteiger partial charge is 0.451 e. The summed E-state index contributed by atoms with van der Waals surface area (Å²) in [6.45, 7) is 14.8. The van der Waals surface area contributed by atoms with Crippen LogP contribution >= 0.6 is 11.6 Å². The quantitative estimate of drug-likeness (QED) is 0.312. The first-order chi connectivity index (χ1) is 18.6. The highest BCUT2D eigenvalue weighted by Gasteiger charge is 2.34. The molecule has 0 atom stereocenters. The number of ether oxygens (including phenoxy) is 2. The van der Waals surface area contributed by atoms with Gasteiger partial charge >= 0.3 is 12.1 Å². The van der Waals surface area contributed by atoms with E-state index in [0.29, 0.717) is 10.8 Å². The summed E-state index contributed by atoms with van der Waals surface area (Å²) in [6, 6.07) is 8.12. The third-order valence-corrected chi connectivity index (χ3v) is 5.42. The number of benzene rings is 2. The van der Waals surface area contributed by atoms with Gasteiger partial charge < -0.3 is 19.9 Å². The van der Waals surface area contributed by atoms with Crippen LogP contribution in [0.3, 0.4) is 0 Å². The maximum absolute atomic E-state index is 12.9. The predicted molar refractivity (Wildman–Crippen MR) is 150 cm³/mol. The SMILES string of the molecule is CC(C)(C)OC(C)(C)C.CC(C)(NC(=O)c1cc(Cl)c2ccccc2c1OCc1cnc(C(F)(F)F)nc1)C(=O)O. The van der Waals surface area contributed by atoms with E-state index < -0.39 is 29.4 Å². The summed E-state index contributed by atoms with van der Waals surface area (Å²) in [5.41, 5.74) is -1.41. The number of carbonyl (C=O) groups excluding carboxylic acids is 1. The van der Waals surface area contributed by atoms with E-state index in [0.717, 1.165) is 12.4 Å². The molecule has 0 aliphatic carbocycles. The van der Waals surface area contributed by atoms with Crippen molar-refractivity contribution < 1.29 is 37.3 Å². The number of amides is 1. The Morgan fingerprint density at radius 2 is 1.44 bits per heavy atom. The fraction of sp³-hybridized carbons (Fsp3) is 0.448. The summed E-state index contributed by atoms with van der Waals surface area (Å²) in [5, 5.41) is 13.0. The topological polar surface area (TPSA) is 111 Å². The fourth-order valence-corrected chi connectivity index (χ4v) is 3.96. The zero-order valence-electron chi connectivity index (χ0n) is 24.2. The lowest BCUT2D eigenvalue weighted by Gasteiger charge is -2.30. The highest BCUT2D eigenvalue weighted by Crippen LogP contribution is 2.36. The number of rotatable bonds is 6. The molecule has 0 aliphatic rings. The minimum atomic E-state index is -4.67. The molecule has 224 valence electrons. The van der Waals surface area contributed by atoms with E-state index in [1.807, 2.05) is 0 Å². The Hall–Kier alpha value is -3.44. The summed E-state index contributed by atoms with van der Waals surface area (Å²) in [4.78, 5) is 30.8. The monoisotopic (exact) mass is 597 g/mol. The molecule has 0 radical (unpaired) electrons. The van der Waals surface area contributed by atoms with Crippen molar-refractivity contribution in [3.05, 3.63) is 64.7 Å². The third-order valence-electron chi connectivity index (χ3n) is 5.10. The van der Waals surface area contributed by atoms with Gasteiger partial charge in [0, 0.05) is 33.8 Å². The minimum Gasteiger partial charge on any atom is -0.487 e. The average Bonchev–Trinajstić information content (AvgIpc) is 2.81. The summed E-state index contributed by atoms with van der Waals surface area (Å²) in [6.07, 6.45) is -2.73. The van der Waals surface area contributed by atoms with Gasteiger partial charge in [-0.1, -0.05) is 35.9 Å². The molecule has 0 unspecified atom stereocenters. The van der Waals surface area contributed by atoms with Gasteiger partial charge in [0.05, 0.1) is 16.8 Å². The molecule has 0 saturated heterocycles. The van der Waals surface area contributed by atoms with Crippen LogP contribution in [-0.2, 0) is 22.3 Å². The molecule has 2 aromatic carbocycles. The highest BCUT2D eigenvalue weighted by atomic mass is 35.5. The first kappa shape index (κ1) is 33.8. The van der Waals surface area contributed by atoms with E-state index in [9.17, 15) is 27.9 Å². The summed E-state index contributed by atoms with van der Waals surface area (Å²) >= 11 is 6.31. The molecule has 0 bridgehead atoms. The lowest BCUT2D eigenvalue weighted by Crippen LogP contribution is -2.49. The van der Waals surface area contributed by atoms with Gasteiger partial charge in [-0.25, -0.2) is 14.8 Å². The van der Waals surface area contributed by atoms with E-state index in [4.69, 9.17) is 21.1 Å². The molecule has 0 fully saturated rings. The van der Waals surface area contributed by atoms with Crippen molar-refractivity contribution in [2.24, 2.45) is 0 Å². The van der Waals surface area contributed by atoms with Crippen LogP contribution < -0.4 is 10.1 Å². The van der Waals surface area contributed by atoms with Gasteiger partial charge in [0.15, 0.2) is 0 Å². The molecule has 1 aromatic heterocycles. The van der Waals surface area contributed by atoms with E-state index in [1.165, 1.54) is 19.9 Å². The number of alkyl halides is 3. The number of carboxylic acid groups (broad SMARTS) is 1. The lowest BCUT2D eigenvalue weighted by atomic mass is 10.0. The van der Waals surface area contributed by atoms with Gasteiger partial charge in [0.2, 0.25) is 5.82 Å². The van der Waals surface area contributed by atoms with Gasteiger partial charge in [0.1, 0.15) is 17.9 Å². The van der Waals surface area contributed by atoms with Crippen molar-refractivity contribution in [1.29, 1.82) is 0 Å². The Labute approximate surface area is 242 Å². The number of halogens is 4. The standard InChI is InChI=1S/C21H17ClF3N3O4.C8H18O/c1-20(2,19(30)31)28-17(29)14-7-15(22)12-5-3-4-6-13(12)16(14)32-10-11-8-26-18(27-9-11)21(23,24)25;1-7(2,3)9-8(4,5)6/h3-9H,10H2,1-2H3,(H,28,29)(H,30,31);1-6H3.